The van der Waals surface area contributed by atoms with Crippen LogP contribution in [0.15, 0.2) is 103 Å². The summed E-state index contributed by atoms with van der Waals surface area (Å²) in [4.78, 5) is 40.1. The predicted molar refractivity (Wildman–Crippen MR) is 159 cm³/mol. The summed E-state index contributed by atoms with van der Waals surface area (Å²) in [7, 11) is 0. The molecule has 0 radical (unpaired) electrons. The molecule has 0 fully saturated rings. The molecule has 0 atom stereocenters. The molecule has 0 spiro atoms. The van der Waals surface area contributed by atoms with Crippen molar-refractivity contribution in [3.05, 3.63) is 125 Å². The highest BCUT2D eigenvalue weighted by Gasteiger charge is 2.22. The second-order valence-electron chi connectivity index (χ2n) is 9.52. The van der Waals surface area contributed by atoms with E-state index in [-0.39, 0.29) is 24.8 Å². The highest BCUT2D eigenvalue weighted by Crippen LogP contribution is 2.28. The predicted octanol–water partition coefficient (Wildman–Crippen LogP) is 5.84. The van der Waals surface area contributed by atoms with Crippen molar-refractivity contribution in [3.8, 4) is 16.9 Å². The highest BCUT2D eigenvalue weighted by atomic mass is 16.5. The number of carbonyl (C=O) groups is 3. The molecule has 0 aliphatic rings. The summed E-state index contributed by atoms with van der Waals surface area (Å²) in [5.41, 5.74) is 4.10. The molecule has 0 aliphatic carbocycles. The minimum atomic E-state index is -0.974. The molecule has 4 rings (SSSR count). The number of benzene rings is 4. The molecule has 4 aromatic carbocycles. The Morgan fingerprint density at radius 1 is 0.732 bits per heavy atom. The molecule has 0 aliphatic heterocycles. The van der Waals surface area contributed by atoms with E-state index in [1.807, 2.05) is 85.8 Å². The van der Waals surface area contributed by atoms with E-state index in [9.17, 15) is 19.5 Å². The third-order valence-corrected chi connectivity index (χ3v) is 6.70. The molecule has 0 saturated carbocycles. The Balaban J connectivity index is 1.58. The third-order valence-electron chi connectivity index (χ3n) is 6.70. The molecular weight excluding hydrogens is 516 g/mol. The van der Waals surface area contributed by atoms with Crippen LogP contribution in [0.1, 0.15) is 45.2 Å². The van der Waals surface area contributed by atoms with Gasteiger partial charge in [-0.15, -0.1) is 0 Å². The molecule has 0 aromatic heterocycles. The van der Waals surface area contributed by atoms with Crippen LogP contribution in [0.3, 0.4) is 0 Å². The van der Waals surface area contributed by atoms with Crippen molar-refractivity contribution < 1.29 is 24.2 Å². The number of carboxylic acid groups (broad SMARTS) is 1. The van der Waals surface area contributed by atoms with Gasteiger partial charge in [0.25, 0.3) is 11.8 Å². The summed E-state index contributed by atoms with van der Waals surface area (Å²) in [5, 5.41) is 12.3. The van der Waals surface area contributed by atoms with Gasteiger partial charge in [0, 0.05) is 30.8 Å². The van der Waals surface area contributed by atoms with E-state index in [1.165, 1.54) is 0 Å². The molecule has 0 unspecified atom stereocenters. The Labute approximate surface area is 240 Å². The SMILES string of the molecule is CCOc1ccc(CCN(CCC(=O)O)C(=O)c2ccccc2-c2ccccc2C(=O)NCc2ccccc2)cc1. The van der Waals surface area contributed by atoms with Gasteiger partial charge in [-0.05, 0) is 59.9 Å². The Kier molecular flexibility index (Phi) is 10.3. The van der Waals surface area contributed by atoms with Crippen molar-refractivity contribution >= 4 is 17.8 Å². The van der Waals surface area contributed by atoms with Gasteiger partial charge < -0.3 is 20.1 Å². The fraction of sp³-hybridized carbons (Fsp3) is 0.206. The van der Waals surface area contributed by atoms with Crippen molar-refractivity contribution in [1.82, 2.24) is 10.2 Å². The standard InChI is InChI=1S/C34H34N2O5/c1-2-41-27-18-16-25(17-19-27)20-22-36(23-21-32(37)38)34(40)31-15-9-7-13-29(31)28-12-6-8-14-30(28)33(39)35-24-26-10-4-3-5-11-26/h3-19H,2,20-24H2,1H3,(H,35,39)(H,37,38). The second-order valence-corrected chi connectivity index (χ2v) is 9.52. The van der Waals surface area contributed by atoms with E-state index in [2.05, 4.69) is 5.32 Å². The maximum Gasteiger partial charge on any atom is 0.305 e. The van der Waals surface area contributed by atoms with Crippen molar-refractivity contribution in [1.29, 1.82) is 0 Å². The molecular formula is C34H34N2O5. The number of nitrogens with zero attached hydrogens (tertiary/aromatic N) is 1. The molecule has 0 heterocycles. The van der Waals surface area contributed by atoms with Gasteiger partial charge in [-0.25, -0.2) is 0 Å². The normalized spacial score (nSPS) is 10.6. The first-order valence-electron chi connectivity index (χ1n) is 13.7. The maximum atomic E-state index is 13.9. The molecule has 0 bridgehead atoms. The van der Waals surface area contributed by atoms with Crippen molar-refractivity contribution in [2.45, 2.75) is 26.3 Å². The fourth-order valence-corrected chi connectivity index (χ4v) is 4.59. The van der Waals surface area contributed by atoms with Gasteiger partial charge in [0.2, 0.25) is 0 Å². The van der Waals surface area contributed by atoms with Crippen LogP contribution in [0.2, 0.25) is 0 Å². The van der Waals surface area contributed by atoms with Gasteiger partial charge in [0.15, 0.2) is 0 Å². The second kappa shape index (κ2) is 14.5. The lowest BCUT2D eigenvalue weighted by Gasteiger charge is -2.24. The van der Waals surface area contributed by atoms with Crippen LogP contribution in [0.5, 0.6) is 5.75 Å². The zero-order valence-corrected chi connectivity index (χ0v) is 23.1. The maximum absolute atomic E-state index is 13.9. The number of amides is 2. The highest BCUT2D eigenvalue weighted by molar-refractivity contribution is 6.06. The van der Waals surface area contributed by atoms with E-state index in [1.54, 1.807) is 29.2 Å². The molecule has 2 N–H and O–H groups in total. The van der Waals surface area contributed by atoms with Crippen LogP contribution in [0.4, 0.5) is 0 Å². The summed E-state index contributed by atoms with van der Waals surface area (Å²) in [6, 6.07) is 31.6. The van der Waals surface area contributed by atoms with Gasteiger partial charge in [-0.2, -0.15) is 0 Å². The molecule has 4 aromatic rings. The van der Waals surface area contributed by atoms with E-state index in [0.717, 1.165) is 16.9 Å². The average molecular weight is 551 g/mol. The van der Waals surface area contributed by atoms with E-state index in [4.69, 9.17) is 4.74 Å². The van der Waals surface area contributed by atoms with E-state index in [0.29, 0.717) is 48.4 Å². The zero-order chi connectivity index (χ0) is 29.0. The van der Waals surface area contributed by atoms with E-state index < -0.39 is 5.97 Å². The zero-order valence-electron chi connectivity index (χ0n) is 23.1. The lowest BCUT2D eigenvalue weighted by Crippen LogP contribution is -2.35. The largest absolute Gasteiger partial charge is 0.494 e. The Hall–Kier alpha value is -4.91. The molecule has 2 amide bonds. The van der Waals surface area contributed by atoms with Crippen molar-refractivity contribution in [3.63, 3.8) is 0 Å². The Bertz CT molecular complexity index is 1470. The van der Waals surface area contributed by atoms with Gasteiger partial charge in [0.05, 0.1) is 13.0 Å². The fourth-order valence-electron chi connectivity index (χ4n) is 4.59. The van der Waals surface area contributed by atoms with Crippen molar-refractivity contribution in [2.24, 2.45) is 0 Å². The monoisotopic (exact) mass is 550 g/mol. The van der Waals surface area contributed by atoms with Crippen LogP contribution in [-0.2, 0) is 17.8 Å². The molecule has 41 heavy (non-hydrogen) atoms. The number of rotatable bonds is 13. The summed E-state index contributed by atoms with van der Waals surface area (Å²) >= 11 is 0. The number of hydrogen-bond donors (Lipinski definition) is 2. The van der Waals surface area contributed by atoms with Gasteiger partial charge in [-0.1, -0.05) is 78.9 Å². The quantitative estimate of drug-likeness (QED) is 0.218. The number of hydrogen-bond acceptors (Lipinski definition) is 4. The Morgan fingerprint density at radius 3 is 2.00 bits per heavy atom. The third kappa shape index (κ3) is 8.05. The summed E-state index contributed by atoms with van der Waals surface area (Å²) < 4.78 is 5.51. The van der Waals surface area contributed by atoms with Crippen LogP contribution < -0.4 is 10.1 Å². The van der Waals surface area contributed by atoms with Gasteiger partial charge in [0.1, 0.15) is 5.75 Å². The molecule has 7 heteroatoms. The van der Waals surface area contributed by atoms with Gasteiger partial charge in [-0.3, -0.25) is 14.4 Å². The lowest BCUT2D eigenvalue weighted by atomic mass is 9.94. The first-order valence-corrected chi connectivity index (χ1v) is 13.7. The Morgan fingerprint density at radius 2 is 1.34 bits per heavy atom. The molecule has 7 nitrogen and oxygen atoms in total. The smallest absolute Gasteiger partial charge is 0.305 e. The minimum Gasteiger partial charge on any atom is -0.494 e. The minimum absolute atomic E-state index is 0.0682. The number of carbonyl (C=O) groups excluding carboxylic acids is 2. The van der Waals surface area contributed by atoms with Crippen molar-refractivity contribution in [2.75, 3.05) is 19.7 Å². The van der Waals surface area contributed by atoms with E-state index >= 15 is 0 Å². The number of carboxylic acids is 1. The van der Waals surface area contributed by atoms with Crippen LogP contribution in [-0.4, -0.2) is 47.5 Å². The van der Waals surface area contributed by atoms with Crippen LogP contribution >= 0.6 is 0 Å². The summed E-state index contributed by atoms with van der Waals surface area (Å²) in [5.74, 6) is -0.731. The van der Waals surface area contributed by atoms with Crippen LogP contribution in [0, 0.1) is 0 Å². The summed E-state index contributed by atoms with van der Waals surface area (Å²) in [6.07, 6.45) is 0.383. The number of nitrogens with one attached hydrogen (secondary N) is 1. The van der Waals surface area contributed by atoms with Crippen LogP contribution in [0.25, 0.3) is 11.1 Å². The first-order chi connectivity index (χ1) is 20.0. The molecule has 210 valence electrons. The topological polar surface area (TPSA) is 95.9 Å². The number of aliphatic carboxylic acids is 1. The average Bonchev–Trinajstić information content (AvgIpc) is 3.01. The number of ether oxygens (including phenoxy) is 1. The lowest BCUT2D eigenvalue weighted by molar-refractivity contribution is -0.137. The molecule has 0 saturated heterocycles. The van der Waals surface area contributed by atoms with Gasteiger partial charge >= 0.3 is 5.97 Å². The summed E-state index contributed by atoms with van der Waals surface area (Å²) in [6.45, 7) is 3.29. The first kappa shape index (κ1) is 29.1.